The van der Waals surface area contributed by atoms with Gasteiger partial charge in [0, 0.05) is 6.20 Å². The molecule has 21 heavy (non-hydrogen) atoms. The number of carbonyl (C=O) groups excluding carboxylic acids is 1. The highest BCUT2D eigenvalue weighted by Crippen LogP contribution is 2.47. The largest absolute Gasteiger partial charge is 0.327 e. The minimum atomic E-state index is 0.0371. The van der Waals surface area contributed by atoms with Crippen molar-refractivity contribution in [3.8, 4) is 11.1 Å². The van der Waals surface area contributed by atoms with Crippen molar-refractivity contribution in [2.24, 2.45) is 0 Å². The van der Waals surface area contributed by atoms with E-state index in [-0.39, 0.29) is 6.04 Å². The molecule has 0 saturated heterocycles. The highest BCUT2D eigenvalue weighted by Gasteiger charge is 2.33. The molecule has 100 valence electrons. The summed E-state index contributed by atoms with van der Waals surface area (Å²) in [6, 6.07) is 16.8. The SMILES string of the molecule is O=C=C1C=CC=CN1C1c2ccccc2-c2ccccc21. The molecular weight excluding hydrogens is 258 g/mol. The summed E-state index contributed by atoms with van der Waals surface area (Å²) in [7, 11) is 0. The van der Waals surface area contributed by atoms with Crippen LogP contribution in [0.4, 0.5) is 0 Å². The molecule has 0 radical (unpaired) electrons. The van der Waals surface area contributed by atoms with Gasteiger partial charge in [0.25, 0.3) is 0 Å². The number of nitrogens with zero attached hydrogens (tertiary/aromatic N) is 1. The Balaban J connectivity index is 1.95. The Morgan fingerprint density at radius 1 is 0.857 bits per heavy atom. The molecule has 0 bridgehead atoms. The molecule has 4 rings (SSSR count). The summed E-state index contributed by atoms with van der Waals surface area (Å²) in [6.07, 6.45) is 7.56. The van der Waals surface area contributed by atoms with E-state index >= 15 is 0 Å². The third-order valence-electron chi connectivity index (χ3n) is 4.07. The van der Waals surface area contributed by atoms with Crippen molar-refractivity contribution in [2.75, 3.05) is 0 Å². The van der Waals surface area contributed by atoms with Gasteiger partial charge in [-0.15, -0.1) is 0 Å². The average molecular weight is 271 g/mol. The quantitative estimate of drug-likeness (QED) is 0.734. The Bertz CT molecular complexity index is 779. The van der Waals surface area contributed by atoms with Crippen molar-refractivity contribution in [3.05, 3.63) is 89.8 Å². The van der Waals surface area contributed by atoms with Gasteiger partial charge >= 0.3 is 0 Å². The van der Waals surface area contributed by atoms with Crippen molar-refractivity contribution in [1.29, 1.82) is 0 Å². The third-order valence-corrected chi connectivity index (χ3v) is 4.07. The van der Waals surface area contributed by atoms with Gasteiger partial charge in [-0.3, -0.25) is 0 Å². The molecule has 2 nitrogen and oxygen atoms in total. The van der Waals surface area contributed by atoms with E-state index in [4.69, 9.17) is 0 Å². The van der Waals surface area contributed by atoms with Crippen LogP contribution >= 0.6 is 0 Å². The van der Waals surface area contributed by atoms with E-state index in [0.29, 0.717) is 5.70 Å². The topological polar surface area (TPSA) is 20.3 Å². The van der Waals surface area contributed by atoms with Crippen molar-refractivity contribution in [3.63, 3.8) is 0 Å². The zero-order valence-electron chi connectivity index (χ0n) is 11.4. The number of hydrogen-bond donors (Lipinski definition) is 0. The molecule has 2 aliphatic rings. The molecule has 1 aliphatic carbocycles. The molecule has 0 fully saturated rings. The van der Waals surface area contributed by atoms with Crippen LogP contribution in [0.3, 0.4) is 0 Å². The van der Waals surface area contributed by atoms with Crippen LogP contribution in [-0.2, 0) is 4.79 Å². The second-order valence-electron chi connectivity index (χ2n) is 5.17. The van der Waals surface area contributed by atoms with Gasteiger partial charge in [0.2, 0.25) is 0 Å². The van der Waals surface area contributed by atoms with Crippen molar-refractivity contribution >= 4 is 5.94 Å². The maximum Gasteiger partial charge on any atom is 0.150 e. The van der Waals surface area contributed by atoms with Gasteiger partial charge in [0.15, 0.2) is 5.94 Å². The lowest BCUT2D eigenvalue weighted by atomic mass is 10.0. The Morgan fingerprint density at radius 3 is 2.10 bits per heavy atom. The maximum atomic E-state index is 11.3. The van der Waals surface area contributed by atoms with Crippen molar-refractivity contribution < 1.29 is 4.79 Å². The Morgan fingerprint density at radius 2 is 1.48 bits per heavy atom. The van der Waals surface area contributed by atoms with Gasteiger partial charge in [-0.2, -0.15) is 0 Å². The lowest BCUT2D eigenvalue weighted by Gasteiger charge is -2.29. The molecule has 2 aromatic carbocycles. The maximum absolute atomic E-state index is 11.3. The molecule has 2 heteroatoms. The lowest BCUT2D eigenvalue weighted by Crippen LogP contribution is -2.23. The van der Waals surface area contributed by atoms with E-state index < -0.39 is 0 Å². The van der Waals surface area contributed by atoms with Crippen molar-refractivity contribution in [2.45, 2.75) is 6.04 Å². The minimum Gasteiger partial charge on any atom is -0.327 e. The highest BCUT2D eigenvalue weighted by molar-refractivity contribution is 5.79. The van der Waals surface area contributed by atoms with Gasteiger partial charge in [0.1, 0.15) is 5.70 Å². The zero-order chi connectivity index (χ0) is 14.2. The van der Waals surface area contributed by atoms with Gasteiger partial charge in [-0.1, -0.05) is 54.6 Å². The normalized spacial score (nSPS) is 15.8. The summed E-state index contributed by atoms with van der Waals surface area (Å²) in [4.78, 5) is 13.3. The van der Waals surface area contributed by atoms with Crippen LogP contribution in [0, 0.1) is 0 Å². The van der Waals surface area contributed by atoms with Crippen LogP contribution in [0.15, 0.2) is 78.7 Å². The van der Waals surface area contributed by atoms with Gasteiger partial charge < -0.3 is 4.90 Å². The summed E-state index contributed by atoms with van der Waals surface area (Å²) >= 11 is 0. The average Bonchev–Trinajstić information content (AvgIpc) is 2.89. The molecule has 2 aromatic rings. The number of benzene rings is 2. The predicted molar refractivity (Wildman–Crippen MR) is 83.0 cm³/mol. The van der Waals surface area contributed by atoms with Gasteiger partial charge in [0.05, 0.1) is 6.04 Å². The molecule has 0 spiro atoms. The van der Waals surface area contributed by atoms with Gasteiger partial charge in [-0.25, -0.2) is 4.79 Å². The van der Waals surface area contributed by atoms with E-state index in [0.717, 1.165) is 0 Å². The zero-order valence-corrected chi connectivity index (χ0v) is 11.4. The number of rotatable bonds is 1. The summed E-state index contributed by atoms with van der Waals surface area (Å²) in [5, 5.41) is 0. The highest BCUT2D eigenvalue weighted by atomic mass is 16.1. The Hall–Kier alpha value is -2.83. The molecular formula is C19H13NO. The molecule has 0 atom stereocenters. The fourth-order valence-corrected chi connectivity index (χ4v) is 3.20. The van der Waals surface area contributed by atoms with Crippen LogP contribution in [-0.4, -0.2) is 10.8 Å². The molecule has 1 aliphatic heterocycles. The van der Waals surface area contributed by atoms with Crippen LogP contribution in [0.5, 0.6) is 0 Å². The first kappa shape index (κ1) is 12.0. The Kier molecular flexibility index (Phi) is 2.63. The molecule has 0 saturated carbocycles. The second kappa shape index (κ2) is 4.62. The van der Waals surface area contributed by atoms with E-state index in [1.807, 2.05) is 41.3 Å². The lowest BCUT2D eigenvalue weighted by molar-refractivity contribution is 0.408. The first-order chi connectivity index (χ1) is 10.4. The van der Waals surface area contributed by atoms with E-state index in [1.54, 1.807) is 6.08 Å². The summed E-state index contributed by atoms with van der Waals surface area (Å²) in [5.41, 5.74) is 5.50. The van der Waals surface area contributed by atoms with Crippen LogP contribution in [0.2, 0.25) is 0 Å². The molecule has 0 amide bonds. The summed E-state index contributed by atoms with van der Waals surface area (Å²) in [6.45, 7) is 0. The second-order valence-corrected chi connectivity index (χ2v) is 5.17. The Labute approximate surface area is 123 Å². The fourth-order valence-electron chi connectivity index (χ4n) is 3.20. The van der Waals surface area contributed by atoms with Gasteiger partial charge in [-0.05, 0) is 34.4 Å². The predicted octanol–water partition coefficient (Wildman–Crippen LogP) is 3.86. The number of fused-ring (bicyclic) bond motifs is 3. The van der Waals surface area contributed by atoms with E-state index in [1.165, 1.54) is 22.3 Å². The number of hydrogen-bond acceptors (Lipinski definition) is 2. The monoisotopic (exact) mass is 271 g/mol. The first-order valence-electron chi connectivity index (χ1n) is 6.96. The van der Waals surface area contributed by atoms with Crippen LogP contribution in [0.25, 0.3) is 11.1 Å². The van der Waals surface area contributed by atoms with E-state index in [9.17, 15) is 4.79 Å². The first-order valence-corrected chi connectivity index (χ1v) is 6.96. The number of allylic oxidation sites excluding steroid dienone is 3. The minimum absolute atomic E-state index is 0.0371. The van der Waals surface area contributed by atoms with E-state index in [2.05, 4.69) is 36.4 Å². The van der Waals surface area contributed by atoms with Crippen molar-refractivity contribution in [1.82, 2.24) is 4.90 Å². The summed E-state index contributed by atoms with van der Waals surface area (Å²) < 4.78 is 0. The molecule has 0 aromatic heterocycles. The fraction of sp³-hybridized carbons (Fsp3) is 0.0526. The molecule has 0 unspecified atom stereocenters. The third kappa shape index (κ3) is 1.70. The molecule has 1 heterocycles. The summed E-state index contributed by atoms with van der Waals surface area (Å²) in [5.74, 6) is 2.05. The smallest absolute Gasteiger partial charge is 0.150 e. The molecule has 0 N–H and O–H groups in total. The standard InChI is InChI=1S/C19H13NO/c21-13-14-7-5-6-12-20(14)19-17-10-3-1-8-15(17)16-9-2-4-11-18(16)19/h1-12,19H. The van der Waals surface area contributed by atoms with Crippen LogP contribution in [0.1, 0.15) is 17.2 Å². The van der Waals surface area contributed by atoms with Crippen LogP contribution < -0.4 is 0 Å².